The second kappa shape index (κ2) is 12.8. The van der Waals surface area contributed by atoms with Gasteiger partial charge in [0, 0.05) is 0 Å². The number of thiol groups is 1. The first-order chi connectivity index (χ1) is 9.92. The zero-order chi connectivity index (χ0) is 16.1. The molecule has 1 N–H and O–H groups in total. The van der Waals surface area contributed by atoms with E-state index in [1.54, 1.807) is 6.92 Å². The average Bonchev–Trinajstić information content (AvgIpc) is 2.44. The third-order valence-electron chi connectivity index (χ3n) is 3.54. The highest BCUT2D eigenvalue weighted by molar-refractivity contribution is 8.24. The van der Waals surface area contributed by atoms with Gasteiger partial charge in [-0.2, -0.15) is 12.6 Å². The van der Waals surface area contributed by atoms with E-state index in [4.69, 9.17) is 17.3 Å². The van der Waals surface area contributed by atoms with E-state index in [1.807, 2.05) is 0 Å². The molecule has 0 radical (unpaired) electrons. The van der Waals surface area contributed by atoms with Gasteiger partial charge in [-0.1, -0.05) is 76.9 Å². The Morgan fingerprint density at radius 3 is 1.90 bits per heavy atom. The molecule has 0 rings (SSSR count). The lowest BCUT2D eigenvalue weighted by atomic mass is 10.1. The van der Waals surface area contributed by atoms with Crippen LogP contribution in [0.2, 0.25) is 0 Å². The molecule has 0 amide bonds. The maximum absolute atomic E-state index is 11.0. The number of hydrogen-bond acceptors (Lipinski definition) is 4. The first-order valence-electron chi connectivity index (χ1n) is 8.06. The normalized spacial score (nSPS) is 13.9. The first-order valence-corrected chi connectivity index (χ1v) is 9.90. The van der Waals surface area contributed by atoms with Gasteiger partial charge in [0.05, 0.1) is 4.20 Å². The third-order valence-corrected chi connectivity index (χ3v) is 6.19. The summed E-state index contributed by atoms with van der Waals surface area (Å²) in [5.41, 5.74) is 0. The number of carbonyl (C=O) groups is 1. The minimum absolute atomic E-state index is 0.467. The Bertz CT molecular complexity index is 304. The largest absolute Gasteiger partial charge is 0.480 e. The van der Waals surface area contributed by atoms with Gasteiger partial charge in [0.2, 0.25) is 0 Å². The molecule has 0 aromatic rings. The van der Waals surface area contributed by atoms with Gasteiger partial charge >= 0.3 is 5.97 Å². The fourth-order valence-electron chi connectivity index (χ4n) is 1.98. The second-order valence-corrected chi connectivity index (χ2v) is 8.36. The Balaban J connectivity index is 3.41. The molecule has 0 saturated heterocycles. The van der Waals surface area contributed by atoms with Crippen molar-refractivity contribution in [2.24, 2.45) is 0 Å². The molecule has 1 atom stereocenters. The summed E-state index contributed by atoms with van der Waals surface area (Å²) >= 11 is 10.7. The molecule has 5 heteroatoms. The molecule has 0 aliphatic heterocycles. The zero-order valence-corrected chi connectivity index (χ0v) is 15.9. The lowest BCUT2D eigenvalue weighted by Crippen LogP contribution is -2.35. The molecular weight excluding hydrogens is 320 g/mol. The average molecular weight is 351 g/mol. The summed E-state index contributed by atoms with van der Waals surface area (Å²) in [6, 6.07) is 0. The molecule has 1 unspecified atom stereocenters. The number of unbranched alkanes of at least 4 members (excludes halogenated alkanes) is 9. The molecule has 0 saturated carbocycles. The minimum Gasteiger partial charge on any atom is -0.480 e. The Morgan fingerprint density at radius 1 is 1.05 bits per heavy atom. The van der Waals surface area contributed by atoms with Gasteiger partial charge in [0.1, 0.15) is 4.75 Å². The molecule has 0 aromatic heterocycles. The SMILES string of the molecule is CCCCCCCCCCCCSC(=S)C(C)(S)C(=O)O. The van der Waals surface area contributed by atoms with Crippen LogP contribution in [0.1, 0.15) is 78.1 Å². The van der Waals surface area contributed by atoms with Crippen LogP contribution in [0.15, 0.2) is 0 Å². The van der Waals surface area contributed by atoms with E-state index < -0.39 is 10.7 Å². The molecular formula is C16H30O2S3. The van der Waals surface area contributed by atoms with Crippen molar-refractivity contribution in [2.75, 3.05) is 5.75 Å². The van der Waals surface area contributed by atoms with Gasteiger partial charge in [-0.05, 0) is 19.1 Å². The van der Waals surface area contributed by atoms with Crippen molar-refractivity contribution in [1.82, 2.24) is 0 Å². The zero-order valence-electron chi connectivity index (χ0n) is 13.4. The molecule has 2 nitrogen and oxygen atoms in total. The first kappa shape index (κ1) is 21.3. The van der Waals surface area contributed by atoms with E-state index in [1.165, 1.54) is 69.5 Å². The molecule has 0 bridgehead atoms. The van der Waals surface area contributed by atoms with Crippen LogP contribution >= 0.6 is 36.6 Å². The molecule has 21 heavy (non-hydrogen) atoms. The van der Waals surface area contributed by atoms with Crippen LogP contribution in [0.5, 0.6) is 0 Å². The predicted octanol–water partition coefficient (Wildman–Crippen LogP) is 5.74. The summed E-state index contributed by atoms with van der Waals surface area (Å²) in [6.07, 6.45) is 13.1. The number of thiocarbonyl (C=S) groups is 1. The second-order valence-electron chi connectivity index (χ2n) is 5.70. The minimum atomic E-state index is -1.20. The topological polar surface area (TPSA) is 37.3 Å². The van der Waals surface area contributed by atoms with Gasteiger partial charge in [0.25, 0.3) is 0 Å². The van der Waals surface area contributed by atoms with Gasteiger partial charge in [-0.15, -0.1) is 11.8 Å². The number of carboxylic acid groups (broad SMARTS) is 1. The Hall–Kier alpha value is 0.260. The van der Waals surface area contributed by atoms with Crippen LogP contribution in [0.25, 0.3) is 0 Å². The van der Waals surface area contributed by atoms with Crippen LogP contribution in [0.4, 0.5) is 0 Å². The number of thioether (sulfide) groups is 1. The van der Waals surface area contributed by atoms with Crippen molar-refractivity contribution in [3.05, 3.63) is 0 Å². The molecule has 0 fully saturated rings. The highest BCUT2D eigenvalue weighted by atomic mass is 32.2. The van der Waals surface area contributed by atoms with E-state index in [-0.39, 0.29) is 0 Å². The standard InChI is InChI=1S/C16H30O2S3/c1-3-4-5-6-7-8-9-10-11-12-13-21-15(19)16(2,20)14(17)18/h20H,3-13H2,1-2H3,(H,17,18). The van der Waals surface area contributed by atoms with Crippen LogP contribution in [-0.4, -0.2) is 25.8 Å². The molecule has 0 aliphatic rings. The van der Waals surface area contributed by atoms with Gasteiger partial charge in [-0.25, -0.2) is 0 Å². The van der Waals surface area contributed by atoms with E-state index in [9.17, 15) is 4.79 Å². The maximum Gasteiger partial charge on any atom is 0.325 e. The molecule has 0 aliphatic carbocycles. The predicted molar refractivity (Wildman–Crippen MR) is 102 cm³/mol. The van der Waals surface area contributed by atoms with E-state index in [0.717, 1.165) is 12.2 Å². The number of hydrogen-bond donors (Lipinski definition) is 2. The third kappa shape index (κ3) is 10.6. The van der Waals surface area contributed by atoms with Crippen LogP contribution in [0.3, 0.4) is 0 Å². The Labute approximate surface area is 145 Å². The van der Waals surface area contributed by atoms with Crippen molar-refractivity contribution in [1.29, 1.82) is 0 Å². The summed E-state index contributed by atoms with van der Waals surface area (Å²) in [5.74, 6) is -0.0647. The lowest BCUT2D eigenvalue weighted by Gasteiger charge is -2.18. The van der Waals surface area contributed by atoms with Crippen LogP contribution in [-0.2, 0) is 4.79 Å². The van der Waals surface area contributed by atoms with Crippen LogP contribution < -0.4 is 0 Å². The van der Waals surface area contributed by atoms with E-state index >= 15 is 0 Å². The van der Waals surface area contributed by atoms with Crippen molar-refractivity contribution < 1.29 is 9.90 Å². The summed E-state index contributed by atoms with van der Waals surface area (Å²) in [6.45, 7) is 3.79. The fourth-order valence-corrected chi connectivity index (χ4v) is 3.42. The molecule has 0 spiro atoms. The monoisotopic (exact) mass is 350 g/mol. The summed E-state index contributed by atoms with van der Waals surface area (Å²) < 4.78 is -0.729. The van der Waals surface area contributed by atoms with Crippen molar-refractivity contribution in [2.45, 2.75) is 82.8 Å². The quantitative estimate of drug-likeness (QED) is 0.252. The molecule has 0 aromatic carbocycles. The van der Waals surface area contributed by atoms with E-state index in [0.29, 0.717) is 4.20 Å². The summed E-state index contributed by atoms with van der Waals surface area (Å²) in [5, 5.41) is 9.01. The van der Waals surface area contributed by atoms with Crippen molar-refractivity contribution in [3.63, 3.8) is 0 Å². The van der Waals surface area contributed by atoms with Gasteiger partial charge < -0.3 is 5.11 Å². The highest BCUT2D eigenvalue weighted by Gasteiger charge is 2.33. The fraction of sp³-hybridized carbons (Fsp3) is 0.875. The maximum atomic E-state index is 11.0. The summed E-state index contributed by atoms with van der Waals surface area (Å²) in [4.78, 5) is 11.0. The van der Waals surface area contributed by atoms with Crippen LogP contribution in [0, 0.1) is 0 Å². The number of carboxylic acids is 1. The van der Waals surface area contributed by atoms with Crippen molar-refractivity contribution in [3.8, 4) is 0 Å². The smallest absolute Gasteiger partial charge is 0.325 e. The summed E-state index contributed by atoms with van der Waals surface area (Å²) in [7, 11) is 0. The highest BCUT2D eigenvalue weighted by Crippen LogP contribution is 2.25. The van der Waals surface area contributed by atoms with Gasteiger partial charge in [-0.3, -0.25) is 4.79 Å². The molecule has 0 heterocycles. The van der Waals surface area contributed by atoms with Crippen molar-refractivity contribution >= 4 is 46.8 Å². The van der Waals surface area contributed by atoms with E-state index in [2.05, 4.69) is 19.6 Å². The Kier molecular flexibility index (Phi) is 12.9. The number of aliphatic carboxylic acids is 1. The lowest BCUT2D eigenvalue weighted by molar-refractivity contribution is -0.137. The Morgan fingerprint density at radius 2 is 1.48 bits per heavy atom. The number of rotatable bonds is 13. The molecule has 124 valence electrons. The van der Waals surface area contributed by atoms with Gasteiger partial charge in [0.15, 0.2) is 0 Å².